The van der Waals surface area contributed by atoms with Crippen LogP contribution < -0.4 is 20.7 Å². The molecule has 1 aromatic heterocycles. The molecule has 1 amide bonds. The Labute approximate surface area is 217 Å². The fraction of sp³-hybridized carbons (Fsp3) is 0.348. The number of anilines is 1. The Bertz CT molecular complexity index is 1100. The Morgan fingerprint density at radius 3 is 2.13 bits per heavy atom. The molecule has 8 nitrogen and oxygen atoms in total. The first-order valence-corrected chi connectivity index (χ1v) is 11.9. The highest BCUT2D eigenvalue weighted by Gasteiger charge is 2.37. The van der Waals surface area contributed by atoms with E-state index in [0.717, 1.165) is 17.3 Å². The molecule has 0 aliphatic heterocycles. The molecule has 0 aliphatic rings. The van der Waals surface area contributed by atoms with Crippen molar-refractivity contribution in [2.45, 2.75) is 37.7 Å². The van der Waals surface area contributed by atoms with Crippen molar-refractivity contribution >= 4 is 41.0 Å². The van der Waals surface area contributed by atoms with E-state index in [9.17, 15) is 40.7 Å². The van der Waals surface area contributed by atoms with Crippen LogP contribution in [0.5, 0.6) is 0 Å². The number of carboxylic acid groups (broad SMARTS) is 1. The molecule has 2 rings (SSSR count). The van der Waals surface area contributed by atoms with Crippen molar-refractivity contribution in [2.75, 3.05) is 16.8 Å². The Balaban J connectivity index is 0.000000905. The van der Waals surface area contributed by atoms with Gasteiger partial charge in [-0.15, -0.1) is 4.57 Å². The zero-order chi connectivity index (χ0) is 28.9. The lowest BCUT2D eigenvalue weighted by molar-refractivity contribution is -0.573. The van der Waals surface area contributed by atoms with E-state index in [0.29, 0.717) is 12.1 Å². The van der Waals surface area contributed by atoms with Gasteiger partial charge in [0.2, 0.25) is 17.9 Å². The summed E-state index contributed by atoms with van der Waals surface area (Å²) in [5.74, 6) is -5.79. The first-order valence-electron chi connectivity index (χ1n) is 10.7. The average Bonchev–Trinajstić information content (AvgIpc) is 2.83. The number of ketones is 1. The molecule has 15 heteroatoms. The highest BCUT2D eigenvalue weighted by atomic mass is 32.2. The predicted molar refractivity (Wildman–Crippen MR) is 123 cm³/mol. The number of thioether (sulfide) groups is 1. The molecule has 1 aromatic carbocycles. The second-order valence-electron chi connectivity index (χ2n) is 7.55. The van der Waals surface area contributed by atoms with Gasteiger partial charge in [-0.25, -0.2) is 4.79 Å². The highest BCUT2D eigenvalue weighted by Crippen LogP contribution is 2.19. The Morgan fingerprint density at radius 2 is 1.58 bits per heavy atom. The van der Waals surface area contributed by atoms with Gasteiger partial charge in [0.25, 0.3) is 0 Å². The number of carbonyl (C=O) groups is 4. The number of aliphatic carboxylic acids is 1. The number of aromatic nitrogens is 1. The number of halogens is 6. The number of rotatable bonds is 10. The lowest BCUT2D eigenvalue weighted by Crippen LogP contribution is -2.43. The van der Waals surface area contributed by atoms with Gasteiger partial charge in [-0.1, -0.05) is 30.3 Å². The summed E-state index contributed by atoms with van der Waals surface area (Å²) in [5, 5.41) is 11.4. The number of hydrogen-bond donors (Lipinski definition) is 2. The van der Waals surface area contributed by atoms with Gasteiger partial charge in [0.1, 0.15) is 11.7 Å². The predicted octanol–water partition coefficient (Wildman–Crippen LogP) is 2.07. The van der Waals surface area contributed by atoms with Crippen molar-refractivity contribution in [1.82, 2.24) is 0 Å². The molecule has 0 aliphatic carbocycles. The Morgan fingerprint density at radius 1 is 0.974 bits per heavy atom. The second-order valence-corrected chi connectivity index (χ2v) is 8.66. The topological polar surface area (TPSA) is 133 Å². The van der Waals surface area contributed by atoms with Crippen LogP contribution in [0.1, 0.15) is 23.2 Å². The van der Waals surface area contributed by atoms with Gasteiger partial charge < -0.3 is 21.0 Å². The van der Waals surface area contributed by atoms with Gasteiger partial charge >= 0.3 is 18.3 Å². The number of alkyl halides is 6. The molecule has 208 valence electrons. The molecule has 0 unspecified atom stereocenters. The number of hydrogen-bond acceptors (Lipinski definition) is 7. The van der Waals surface area contributed by atoms with E-state index >= 15 is 0 Å². The summed E-state index contributed by atoms with van der Waals surface area (Å²) >= 11 is 0.854. The summed E-state index contributed by atoms with van der Waals surface area (Å²) in [4.78, 5) is 44.3. The second kappa shape index (κ2) is 15.1. The average molecular weight is 568 g/mol. The van der Waals surface area contributed by atoms with Crippen LogP contribution in [0, 0.1) is 0 Å². The molecule has 0 fully saturated rings. The van der Waals surface area contributed by atoms with Crippen LogP contribution in [0.3, 0.4) is 0 Å². The number of benzene rings is 1. The minimum absolute atomic E-state index is 0.169. The van der Waals surface area contributed by atoms with E-state index in [1.807, 2.05) is 30.3 Å². The summed E-state index contributed by atoms with van der Waals surface area (Å²) in [6.07, 6.45) is -6.10. The van der Waals surface area contributed by atoms with E-state index in [1.165, 1.54) is 10.8 Å². The summed E-state index contributed by atoms with van der Waals surface area (Å²) in [6, 6.07) is 11.6. The van der Waals surface area contributed by atoms with Crippen molar-refractivity contribution < 1.29 is 55.2 Å². The third-order valence-corrected chi connectivity index (χ3v) is 5.52. The minimum atomic E-state index is -5.19. The van der Waals surface area contributed by atoms with E-state index < -0.39 is 41.8 Å². The fourth-order valence-corrected chi connectivity index (χ4v) is 3.45. The van der Waals surface area contributed by atoms with Crippen LogP contribution in [0.25, 0.3) is 0 Å². The monoisotopic (exact) mass is 567 g/mol. The standard InChI is InChI=1S/C21H22F3N3O3S.C2HF3O2/c22-21(23,24)18(28)14-31-11-5-9-17(25)20(30)26-16-8-4-10-27(13-16)19(29)12-15-6-2-1-3-7-15;3-2(4,5)1(6)7/h1-4,6-8,10,13,17H,5,9,11-12,14,25H2;(H,6,7)/t17-;/m0./s1. The number of amides is 1. The quantitative estimate of drug-likeness (QED) is 0.255. The molecule has 0 saturated heterocycles. The van der Waals surface area contributed by atoms with Crippen molar-refractivity contribution in [3.8, 4) is 0 Å². The lowest BCUT2D eigenvalue weighted by Gasteiger charge is -2.11. The molecule has 38 heavy (non-hydrogen) atoms. The largest absolute Gasteiger partial charge is 0.542 e. The number of carbonyl (C=O) groups excluding carboxylic acids is 4. The van der Waals surface area contributed by atoms with Gasteiger partial charge in [-0.2, -0.15) is 38.1 Å². The van der Waals surface area contributed by atoms with Crippen molar-refractivity contribution in [3.63, 3.8) is 0 Å². The number of nitrogens with zero attached hydrogens (tertiary/aromatic N) is 1. The molecule has 0 spiro atoms. The lowest BCUT2D eigenvalue weighted by atomic mass is 10.1. The molecular weight excluding hydrogens is 544 g/mol. The van der Waals surface area contributed by atoms with E-state index in [1.54, 1.807) is 18.3 Å². The summed E-state index contributed by atoms with van der Waals surface area (Å²) < 4.78 is 69.3. The number of nitrogens with one attached hydrogen (secondary N) is 1. The molecule has 3 N–H and O–H groups in total. The zero-order valence-corrected chi connectivity index (χ0v) is 20.4. The number of nitrogens with two attached hydrogens (primary N) is 1. The van der Waals surface area contributed by atoms with Gasteiger partial charge in [0.15, 0.2) is 6.20 Å². The SMILES string of the molecule is N[C@@H](CCCSCC(=O)C(F)(F)F)C(=O)Nc1ccc[n+](C(=O)Cc2ccccc2)c1.O=C([O-])C(F)(F)F. The van der Waals surface area contributed by atoms with Crippen LogP contribution in [0.2, 0.25) is 0 Å². The molecule has 0 saturated carbocycles. The summed E-state index contributed by atoms with van der Waals surface area (Å²) in [6.45, 7) is 0. The van der Waals surface area contributed by atoms with Crippen molar-refractivity contribution in [3.05, 3.63) is 60.4 Å². The van der Waals surface area contributed by atoms with Crippen LogP contribution in [-0.4, -0.2) is 53.5 Å². The van der Waals surface area contributed by atoms with Gasteiger partial charge in [-0.3, -0.25) is 9.59 Å². The molecule has 0 radical (unpaired) electrons. The smallest absolute Gasteiger partial charge is 0.450 e. The van der Waals surface area contributed by atoms with Crippen molar-refractivity contribution in [2.24, 2.45) is 5.73 Å². The molecule has 0 bridgehead atoms. The third-order valence-electron chi connectivity index (χ3n) is 4.48. The third kappa shape index (κ3) is 12.7. The number of pyridine rings is 1. The van der Waals surface area contributed by atoms with Crippen LogP contribution in [0.15, 0.2) is 54.9 Å². The first kappa shape index (κ1) is 32.6. The Kier molecular flexibility index (Phi) is 12.9. The first-order chi connectivity index (χ1) is 17.6. The number of Topliss-reactive ketones (excluding diaryl/α,β-unsaturated/α-hetero) is 1. The number of carboxylic acids is 1. The fourth-order valence-electron chi connectivity index (χ4n) is 2.58. The summed E-state index contributed by atoms with van der Waals surface area (Å²) in [5.41, 5.74) is 7.10. The van der Waals surface area contributed by atoms with Crippen molar-refractivity contribution in [1.29, 1.82) is 0 Å². The van der Waals surface area contributed by atoms with Gasteiger partial charge in [0.05, 0.1) is 18.2 Å². The normalized spacial score (nSPS) is 12.1. The molecule has 2 aromatic rings. The molecule has 1 atom stereocenters. The van der Waals surface area contributed by atoms with Crippen LogP contribution in [0.4, 0.5) is 32.0 Å². The Hall–Kier alpha value is -3.46. The van der Waals surface area contributed by atoms with Gasteiger partial charge in [0, 0.05) is 6.07 Å². The van der Waals surface area contributed by atoms with E-state index in [4.69, 9.17) is 15.6 Å². The van der Waals surface area contributed by atoms with E-state index in [2.05, 4.69) is 5.32 Å². The molecule has 1 heterocycles. The minimum Gasteiger partial charge on any atom is -0.542 e. The van der Waals surface area contributed by atoms with Crippen LogP contribution in [-0.2, 0) is 20.8 Å². The highest BCUT2D eigenvalue weighted by molar-refractivity contribution is 7.99. The molecular formula is C23H23F6N3O5S. The maximum absolute atomic E-state index is 12.4. The summed E-state index contributed by atoms with van der Waals surface area (Å²) in [7, 11) is 0. The maximum Gasteiger partial charge on any atom is 0.450 e. The van der Waals surface area contributed by atoms with E-state index in [-0.39, 0.29) is 24.5 Å². The van der Waals surface area contributed by atoms with Gasteiger partial charge in [-0.05, 0) is 30.2 Å². The maximum atomic E-state index is 12.4. The van der Waals surface area contributed by atoms with Crippen LogP contribution >= 0.6 is 11.8 Å². The zero-order valence-electron chi connectivity index (χ0n) is 19.6.